The van der Waals surface area contributed by atoms with Crippen LogP contribution >= 0.6 is 0 Å². The topological polar surface area (TPSA) is 38.0 Å². The first-order valence-electron chi connectivity index (χ1n) is 5.55. The lowest BCUT2D eigenvalue weighted by Crippen LogP contribution is -2.34. The van der Waals surface area contributed by atoms with E-state index in [9.17, 15) is 8.78 Å². The second-order valence-corrected chi connectivity index (χ2v) is 4.48. The lowest BCUT2D eigenvalue weighted by Gasteiger charge is -2.24. The molecule has 16 heavy (non-hydrogen) atoms. The lowest BCUT2D eigenvalue weighted by molar-refractivity contribution is 0.339. The molecular formula is C12H16F2N2. The summed E-state index contributed by atoms with van der Waals surface area (Å²) in [6, 6.07) is 3.90. The van der Waals surface area contributed by atoms with Crippen molar-refractivity contribution in [1.29, 1.82) is 0 Å². The number of rotatable bonds is 4. The van der Waals surface area contributed by atoms with Gasteiger partial charge in [0.1, 0.15) is 0 Å². The number of hydrogen-bond donors (Lipinski definition) is 2. The lowest BCUT2D eigenvalue weighted by atomic mass is 9.91. The predicted molar refractivity (Wildman–Crippen MR) is 58.3 cm³/mol. The van der Waals surface area contributed by atoms with E-state index in [1.54, 1.807) is 6.07 Å². The molecule has 0 aliphatic heterocycles. The van der Waals surface area contributed by atoms with E-state index in [1.165, 1.54) is 6.07 Å². The second-order valence-electron chi connectivity index (χ2n) is 4.48. The van der Waals surface area contributed by atoms with Crippen molar-refractivity contribution in [3.63, 3.8) is 0 Å². The van der Waals surface area contributed by atoms with Gasteiger partial charge in [-0.2, -0.15) is 0 Å². The van der Waals surface area contributed by atoms with Gasteiger partial charge in [-0.15, -0.1) is 0 Å². The molecule has 0 saturated heterocycles. The van der Waals surface area contributed by atoms with Crippen molar-refractivity contribution < 1.29 is 8.78 Å². The fourth-order valence-electron chi connectivity index (χ4n) is 2.18. The third kappa shape index (κ3) is 2.08. The van der Waals surface area contributed by atoms with Gasteiger partial charge in [-0.25, -0.2) is 8.78 Å². The Morgan fingerprint density at radius 2 is 2.06 bits per heavy atom. The smallest absolute Gasteiger partial charge is 0.163 e. The molecule has 0 amide bonds. The highest BCUT2D eigenvalue weighted by molar-refractivity contribution is 5.23. The second kappa shape index (κ2) is 4.47. The van der Waals surface area contributed by atoms with Crippen LogP contribution in [0.5, 0.6) is 0 Å². The van der Waals surface area contributed by atoms with Gasteiger partial charge in [0, 0.05) is 5.56 Å². The summed E-state index contributed by atoms with van der Waals surface area (Å²) >= 11 is 0. The molecule has 2 rings (SSSR count). The molecule has 1 aliphatic rings. The van der Waals surface area contributed by atoms with Crippen LogP contribution in [0, 0.1) is 23.5 Å². The highest BCUT2D eigenvalue weighted by Gasteiger charge is 2.34. The molecule has 0 radical (unpaired) electrons. The molecule has 2 unspecified atom stereocenters. The van der Waals surface area contributed by atoms with Gasteiger partial charge in [0.2, 0.25) is 0 Å². The van der Waals surface area contributed by atoms with Crippen molar-refractivity contribution in [2.75, 3.05) is 0 Å². The van der Waals surface area contributed by atoms with Gasteiger partial charge >= 0.3 is 0 Å². The molecule has 88 valence electrons. The summed E-state index contributed by atoms with van der Waals surface area (Å²) < 4.78 is 26.7. The van der Waals surface area contributed by atoms with Crippen molar-refractivity contribution in [3.05, 3.63) is 35.4 Å². The maximum absolute atomic E-state index is 13.6. The summed E-state index contributed by atoms with van der Waals surface area (Å²) in [6.45, 7) is 2.02. The standard InChI is InChI=1S/C12H16F2N2/c1-7(8-5-6-8)12(16-15)9-3-2-4-10(13)11(9)14/h2-4,7-8,12,16H,5-6,15H2,1H3. The van der Waals surface area contributed by atoms with E-state index in [2.05, 4.69) is 5.43 Å². The van der Waals surface area contributed by atoms with Crippen LogP contribution in [0.3, 0.4) is 0 Å². The van der Waals surface area contributed by atoms with Crippen LogP contribution < -0.4 is 11.3 Å². The average molecular weight is 226 g/mol. The molecule has 1 saturated carbocycles. The van der Waals surface area contributed by atoms with Gasteiger partial charge in [-0.1, -0.05) is 19.1 Å². The van der Waals surface area contributed by atoms with Gasteiger partial charge in [0.25, 0.3) is 0 Å². The SMILES string of the molecule is CC(C1CC1)C(NN)c1cccc(F)c1F. The first-order chi connectivity index (χ1) is 7.65. The minimum Gasteiger partial charge on any atom is -0.271 e. The summed E-state index contributed by atoms with van der Waals surface area (Å²) in [6.07, 6.45) is 2.30. The summed E-state index contributed by atoms with van der Waals surface area (Å²) in [5, 5.41) is 0. The third-order valence-electron chi connectivity index (χ3n) is 3.39. The summed E-state index contributed by atoms with van der Waals surface area (Å²) in [5.41, 5.74) is 2.92. The minimum absolute atomic E-state index is 0.223. The largest absolute Gasteiger partial charge is 0.271 e. The van der Waals surface area contributed by atoms with Crippen LogP contribution in [0.25, 0.3) is 0 Å². The van der Waals surface area contributed by atoms with E-state index in [0.717, 1.165) is 18.9 Å². The quantitative estimate of drug-likeness (QED) is 0.611. The number of nitrogens with one attached hydrogen (secondary N) is 1. The molecular weight excluding hydrogens is 210 g/mol. The van der Waals surface area contributed by atoms with Gasteiger partial charge in [-0.3, -0.25) is 11.3 Å². The molecule has 0 heterocycles. The number of benzene rings is 1. The van der Waals surface area contributed by atoms with Gasteiger partial charge in [-0.05, 0) is 30.7 Å². The maximum Gasteiger partial charge on any atom is 0.163 e. The fourth-order valence-corrected chi connectivity index (χ4v) is 2.18. The van der Waals surface area contributed by atoms with E-state index < -0.39 is 11.6 Å². The Balaban J connectivity index is 2.28. The molecule has 4 heteroatoms. The zero-order valence-electron chi connectivity index (χ0n) is 9.21. The van der Waals surface area contributed by atoms with Crippen LogP contribution in [0.15, 0.2) is 18.2 Å². The van der Waals surface area contributed by atoms with E-state index in [4.69, 9.17) is 5.84 Å². The van der Waals surface area contributed by atoms with Crippen molar-refractivity contribution >= 4 is 0 Å². The highest BCUT2D eigenvalue weighted by Crippen LogP contribution is 2.42. The third-order valence-corrected chi connectivity index (χ3v) is 3.39. The summed E-state index contributed by atoms with van der Waals surface area (Å²) in [7, 11) is 0. The molecule has 1 fully saturated rings. The molecule has 1 aromatic carbocycles. The maximum atomic E-state index is 13.6. The van der Waals surface area contributed by atoms with E-state index >= 15 is 0 Å². The normalized spacial score (nSPS) is 19.5. The molecule has 1 aliphatic carbocycles. The highest BCUT2D eigenvalue weighted by atomic mass is 19.2. The van der Waals surface area contributed by atoms with Crippen molar-refractivity contribution in [1.82, 2.24) is 5.43 Å². The van der Waals surface area contributed by atoms with E-state index in [1.807, 2.05) is 6.92 Å². The Morgan fingerprint density at radius 1 is 1.38 bits per heavy atom. The van der Waals surface area contributed by atoms with Crippen LogP contribution in [0.2, 0.25) is 0 Å². The van der Waals surface area contributed by atoms with Crippen molar-refractivity contribution in [2.24, 2.45) is 17.7 Å². The molecule has 1 aromatic rings. The van der Waals surface area contributed by atoms with Crippen molar-refractivity contribution in [2.45, 2.75) is 25.8 Å². The monoisotopic (exact) mass is 226 g/mol. The number of hydrogen-bond acceptors (Lipinski definition) is 2. The average Bonchev–Trinajstić information content (AvgIpc) is 3.08. The van der Waals surface area contributed by atoms with Gasteiger partial charge < -0.3 is 0 Å². The van der Waals surface area contributed by atoms with Crippen LogP contribution in [0.4, 0.5) is 8.78 Å². The minimum atomic E-state index is -0.819. The van der Waals surface area contributed by atoms with Crippen LogP contribution in [-0.2, 0) is 0 Å². The van der Waals surface area contributed by atoms with Crippen molar-refractivity contribution in [3.8, 4) is 0 Å². The van der Waals surface area contributed by atoms with Gasteiger partial charge in [0.05, 0.1) is 6.04 Å². The Bertz CT molecular complexity index is 377. The Kier molecular flexibility index (Phi) is 3.21. The molecule has 0 aromatic heterocycles. The molecule has 3 N–H and O–H groups in total. The van der Waals surface area contributed by atoms with E-state index in [0.29, 0.717) is 11.5 Å². The molecule has 0 spiro atoms. The van der Waals surface area contributed by atoms with Gasteiger partial charge in [0.15, 0.2) is 11.6 Å². The Labute approximate surface area is 93.8 Å². The zero-order chi connectivity index (χ0) is 11.7. The first kappa shape index (κ1) is 11.5. The van der Waals surface area contributed by atoms with Crippen LogP contribution in [-0.4, -0.2) is 0 Å². The molecule has 2 atom stereocenters. The summed E-state index contributed by atoms with van der Waals surface area (Å²) in [4.78, 5) is 0. The molecule has 0 bridgehead atoms. The van der Waals surface area contributed by atoms with E-state index in [-0.39, 0.29) is 12.0 Å². The number of nitrogens with two attached hydrogens (primary N) is 1. The Morgan fingerprint density at radius 3 is 2.62 bits per heavy atom. The fraction of sp³-hybridized carbons (Fsp3) is 0.500. The first-order valence-corrected chi connectivity index (χ1v) is 5.55. The zero-order valence-corrected chi connectivity index (χ0v) is 9.21. The predicted octanol–water partition coefficient (Wildman–Crippen LogP) is 2.52. The van der Waals surface area contributed by atoms with Crippen LogP contribution in [0.1, 0.15) is 31.4 Å². The Hall–Kier alpha value is -1.00. The number of hydrazine groups is 1. The number of halogens is 2. The molecule has 2 nitrogen and oxygen atoms in total. The summed E-state index contributed by atoms with van der Waals surface area (Å²) in [5.74, 6) is 4.64.